The highest BCUT2D eigenvalue weighted by Gasteiger charge is 2.29. The van der Waals surface area contributed by atoms with Gasteiger partial charge in [0.15, 0.2) is 0 Å². The van der Waals surface area contributed by atoms with E-state index in [2.05, 4.69) is 108 Å². The molecule has 1 aliphatic rings. The fourth-order valence-electron chi connectivity index (χ4n) is 4.39. The van der Waals surface area contributed by atoms with E-state index in [1.807, 2.05) is 0 Å². The molecule has 1 aliphatic carbocycles. The maximum absolute atomic E-state index is 2.46. The molecule has 0 fully saturated rings. The molecule has 0 saturated carbocycles. The van der Waals surface area contributed by atoms with Gasteiger partial charge >= 0.3 is 0 Å². The predicted octanol–water partition coefficient (Wildman–Crippen LogP) is 7.37. The molecular formula is C28H32. The number of benzene rings is 3. The van der Waals surface area contributed by atoms with E-state index in [-0.39, 0.29) is 10.8 Å². The summed E-state index contributed by atoms with van der Waals surface area (Å²) in [5.41, 5.74) is 10.5. The van der Waals surface area contributed by atoms with Crippen molar-refractivity contribution in [2.24, 2.45) is 0 Å². The maximum atomic E-state index is 2.46. The van der Waals surface area contributed by atoms with Crippen LogP contribution in [0.2, 0.25) is 0 Å². The Hall–Kier alpha value is -2.34. The number of hydrogen-bond donors (Lipinski definition) is 0. The van der Waals surface area contributed by atoms with Crippen LogP contribution in [0, 0.1) is 0 Å². The molecule has 0 aliphatic heterocycles. The quantitative estimate of drug-likeness (QED) is 0.329. The summed E-state index contributed by atoms with van der Waals surface area (Å²) in [5.74, 6) is 0.322. The van der Waals surface area contributed by atoms with E-state index in [1.54, 1.807) is 0 Å². The zero-order valence-electron chi connectivity index (χ0n) is 18.1. The minimum atomic E-state index is 0.171. The molecule has 0 radical (unpaired) electrons. The van der Waals surface area contributed by atoms with Crippen LogP contribution in [0.3, 0.4) is 0 Å². The summed E-state index contributed by atoms with van der Waals surface area (Å²) in [6.45, 7) is 13.8. The minimum absolute atomic E-state index is 0.171. The molecule has 0 nitrogen and oxygen atoms in total. The molecule has 0 N–H and O–H groups in total. The molecule has 0 spiro atoms. The van der Waals surface area contributed by atoms with Gasteiger partial charge in [-0.15, -0.1) is 0 Å². The lowest BCUT2D eigenvalue weighted by atomic mass is 9.72. The van der Waals surface area contributed by atoms with Crippen molar-refractivity contribution in [3.8, 4) is 0 Å². The lowest BCUT2D eigenvalue weighted by Gasteiger charge is -2.32. The van der Waals surface area contributed by atoms with Gasteiger partial charge in [-0.25, -0.2) is 0 Å². The van der Waals surface area contributed by atoms with E-state index in [4.69, 9.17) is 0 Å². The van der Waals surface area contributed by atoms with Crippen LogP contribution in [-0.2, 0) is 17.3 Å². The van der Waals surface area contributed by atoms with Gasteiger partial charge in [0.1, 0.15) is 0 Å². The van der Waals surface area contributed by atoms with E-state index in [0.29, 0.717) is 5.92 Å². The smallest absolute Gasteiger partial charge is 0.0345 e. The van der Waals surface area contributed by atoms with Crippen molar-refractivity contribution in [3.63, 3.8) is 0 Å². The van der Waals surface area contributed by atoms with Crippen LogP contribution in [-0.4, -0.2) is 0 Å². The van der Waals surface area contributed by atoms with Gasteiger partial charge in [0.2, 0.25) is 0 Å². The zero-order chi connectivity index (χ0) is 20.1. The Balaban J connectivity index is 1.92. The largest absolute Gasteiger partial charge is 0.0622 e. The molecule has 0 atom stereocenters. The summed E-state index contributed by atoms with van der Waals surface area (Å²) in [6.07, 6.45) is 1.03. The molecule has 3 aromatic rings. The number of fused-ring (bicyclic) bond motifs is 2. The zero-order valence-corrected chi connectivity index (χ0v) is 18.1. The molecule has 0 unspecified atom stereocenters. The minimum Gasteiger partial charge on any atom is -0.0622 e. The van der Waals surface area contributed by atoms with E-state index < -0.39 is 0 Å². The Labute approximate surface area is 170 Å². The lowest BCUT2D eigenvalue weighted by Crippen LogP contribution is -2.19. The average Bonchev–Trinajstić information content (AvgIpc) is 2.64. The Bertz CT molecular complexity index is 931. The Morgan fingerprint density at radius 2 is 1.07 bits per heavy atom. The monoisotopic (exact) mass is 368 g/mol. The highest BCUT2D eigenvalue weighted by molar-refractivity contribution is 5.56. The van der Waals surface area contributed by atoms with Crippen LogP contribution in [0.15, 0.2) is 66.7 Å². The second-order valence-electron chi connectivity index (χ2n) is 10.3. The molecule has 3 aromatic carbocycles. The van der Waals surface area contributed by atoms with E-state index in [0.717, 1.165) is 6.42 Å². The molecule has 0 saturated heterocycles. The van der Waals surface area contributed by atoms with Crippen molar-refractivity contribution < 1.29 is 0 Å². The fourth-order valence-corrected chi connectivity index (χ4v) is 4.39. The Kier molecular flexibility index (Phi) is 4.49. The van der Waals surface area contributed by atoms with Gasteiger partial charge in [-0.05, 0) is 56.2 Å². The molecule has 0 amide bonds. The van der Waals surface area contributed by atoms with E-state index in [9.17, 15) is 0 Å². The highest BCUT2D eigenvalue weighted by atomic mass is 14.3. The van der Waals surface area contributed by atoms with Gasteiger partial charge in [-0.2, -0.15) is 0 Å². The molecule has 0 heteroatoms. The Morgan fingerprint density at radius 1 is 0.607 bits per heavy atom. The molecule has 0 aromatic heterocycles. The van der Waals surface area contributed by atoms with Crippen LogP contribution in [0.4, 0.5) is 0 Å². The van der Waals surface area contributed by atoms with Crippen molar-refractivity contribution >= 4 is 0 Å². The number of hydrogen-bond acceptors (Lipinski definition) is 0. The first-order valence-electron chi connectivity index (χ1n) is 10.5. The summed E-state index contributed by atoms with van der Waals surface area (Å²) < 4.78 is 0. The van der Waals surface area contributed by atoms with E-state index in [1.165, 1.54) is 38.9 Å². The van der Waals surface area contributed by atoms with Gasteiger partial charge in [-0.3, -0.25) is 0 Å². The summed E-state index contributed by atoms with van der Waals surface area (Å²) in [7, 11) is 0. The summed E-state index contributed by atoms with van der Waals surface area (Å²) in [5, 5.41) is 0. The first-order valence-corrected chi connectivity index (χ1v) is 10.5. The standard InChI is InChI=1S/C28H32/c1-27(2,3)22-12-14-24-20(17-22)16-21-18-23(28(4,5)6)13-15-25(21)26(24)19-10-8-7-9-11-19/h7-15,17-18,26H,16H2,1-6H3. The van der Waals surface area contributed by atoms with Crippen molar-refractivity contribution in [2.75, 3.05) is 0 Å². The van der Waals surface area contributed by atoms with Crippen molar-refractivity contribution in [1.29, 1.82) is 0 Å². The van der Waals surface area contributed by atoms with E-state index >= 15 is 0 Å². The number of rotatable bonds is 1. The molecule has 0 bridgehead atoms. The van der Waals surface area contributed by atoms with Crippen LogP contribution < -0.4 is 0 Å². The van der Waals surface area contributed by atoms with Crippen LogP contribution in [0.25, 0.3) is 0 Å². The summed E-state index contributed by atoms with van der Waals surface area (Å²) >= 11 is 0. The average molecular weight is 369 g/mol. The topological polar surface area (TPSA) is 0 Å². The Morgan fingerprint density at radius 3 is 1.50 bits per heavy atom. The molecule has 28 heavy (non-hydrogen) atoms. The maximum Gasteiger partial charge on any atom is 0.0345 e. The van der Waals surface area contributed by atoms with Crippen LogP contribution in [0.1, 0.15) is 86.4 Å². The first kappa shape index (κ1) is 19.0. The lowest BCUT2D eigenvalue weighted by molar-refractivity contribution is 0.587. The van der Waals surface area contributed by atoms with Crippen molar-refractivity contribution in [1.82, 2.24) is 0 Å². The highest BCUT2D eigenvalue weighted by Crippen LogP contribution is 2.43. The van der Waals surface area contributed by atoms with Gasteiger partial charge in [-0.1, -0.05) is 108 Å². The molecular weight excluding hydrogens is 336 g/mol. The third-order valence-corrected chi connectivity index (χ3v) is 6.15. The molecule has 144 valence electrons. The second-order valence-corrected chi connectivity index (χ2v) is 10.3. The second kappa shape index (κ2) is 6.62. The van der Waals surface area contributed by atoms with Crippen LogP contribution >= 0.6 is 0 Å². The van der Waals surface area contributed by atoms with Crippen molar-refractivity contribution in [3.05, 3.63) is 106 Å². The van der Waals surface area contributed by atoms with Crippen molar-refractivity contribution in [2.45, 2.75) is 64.7 Å². The SMILES string of the molecule is CC(C)(C)c1ccc2c(c1)Cc1cc(C(C)(C)C)ccc1C2c1ccccc1. The third kappa shape index (κ3) is 3.41. The van der Waals surface area contributed by atoms with Gasteiger partial charge in [0.25, 0.3) is 0 Å². The van der Waals surface area contributed by atoms with Crippen LogP contribution in [0.5, 0.6) is 0 Å². The molecule has 0 heterocycles. The summed E-state index contributed by atoms with van der Waals surface area (Å²) in [4.78, 5) is 0. The summed E-state index contributed by atoms with van der Waals surface area (Å²) in [6, 6.07) is 25.3. The normalized spacial score (nSPS) is 14.5. The third-order valence-electron chi connectivity index (χ3n) is 6.15. The molecule has 4 rings (SSSR count). The first-order chi connectivity index (χ1) is 13.1. The predicted molar refractivity (Wildman–Crippen MR) is 120 cm³/mol. The van der Waals surface area contributed by atoms with Gasteiger partial charge in [0, 0.05) is 5.92 Å². The van der Waals surface area contributed by atoms with Gasteiger partial charge in [0.05, 0.1) is 0 Å². The fraction of sp³-hybridized carbons (Fsp3) is 0.357. The van der Waals surface area contributed by atoms with Gasteiger partial charge < -0.3 is 0 Å².